The number of hydrogen-bond donors (Lipinski definition) is 1. The molecule has 0 aromatic heterocycles. The minimum atomic E-state index is -0.348. The van der Waals surface area contributed by atoms with E-state index in [2.05, 4.69) is 5.32 Å². The van der Waals surface area contributed by atoms with Crippen LogP contribution in [0.4, 0.5) is 0 Å². The van der Waals surface area contributed by atoms with Crippen molar-refractivity contribution >= 4 is 12.0 Å². The number of nitriles is 1. The zero-order chi connectivity index (χ0) is 14.3. The Morgan fingerprint density at radius 1 is 1.58 bits per heavy atom. The number of methoxy groups -OCH3 is 1. The van der Waals surface area contributed by atoms with Crippen LogP contribution in [0.2, 0.25) is 0 Å². The maximum absolute atomic E-state index is 11.9. The van der Waals surface area contributed by atoms with Crippen molar-refractivity contribution in [2.24, 2.45) is 0 Å². The Morgan fingerprint density at radius 3 is 2.89 bits per heavy atom. The third-order valence-corrected chi connectivity index (χ3v) is 2.76. The minimum absolute atomic E-state index is 0.0505. The van der Waals surface area contributed by atoms with Crippen LogP contribution in [-0.4, -0.2) is 19.1 Å². The van der Waals surface area contributed by atoms with Crippen molar-refractivity contribution in [1.29, 1.82) is 5.26 Å². The van der Waals surface area contributed by atoms with Gasteiger partial charge in [-0.15, -0.1) is 0 Å². The number of rotatable bonds is 5. The number of carbonyl (C=O) groups excluding carboxylic acids is 1. The third kappa shape index (κ3) is 4.47. The average molecular weight is 258 g/mol. The Morgan fingerprint density at radius 2 is 2.32 bits per heavy atom. The van der Waals surface area contributed by atoms with Gasteiger partial charge in [-0.1, -0.05) is 19.1 Å². The highest BCUT2D eigenvalue weighted by Gasteiger charge is 2.11. The lowest BCUT2D eigenvalue weighted by atomic mass is 10.1. The van der Waals surface area contributed by atoms with E-state index in [0.717, 1.165) is 12.0 Å². The van der Waals surface area contributed by atoms with Gasteiger partial charge in [-0.3, -0.25) is 4.79 Å². The van der Waals surface area contributed by atoms with E-state index < -0.39 is 0 Å². The average Bonchev–Trinajstić information content (AvgIpc) is 2.44. The van der Waals surface area contributed by atoms with Crippen LogP contribution >= 0.6 is 0 Å². The summed E-state index contributed by atoms with van der Waals surface area (Å²) in [7, 11) is 1.57. The van der Waals surface area contributed by atoms with Gasteiger partial charge in [-0.25, -0.2) is 0 Å². The summed E-state index contributed by atoms with van der Waals surface area (Å²) in [6.07, 6.45) is 2.38. The molecule has 0 heterocycles. The number of carbonyl (C=O) groups is 1. The van der Waals surface area contributed by atoms with Crippen molar-refractivity contribution in [3.63, 3.8) is 0 Å². The molecule has 0 saturated carbocycles. The number of nitrogens with zero attached hydrogens (tertiary/aromatic N) is 1. The van der Waals surface area contributed by atoms with Gasteiger partial charge in [0.05, 0.1) is 7.11 Å². The highest BCUT2D eigenvalue weighted by molar-refractivity contribution is 6.01. The lowest BCUT2D eigenvalue weighted by Gasteiger charge is -2.10. The van der Waals surface area contributed by atoms with E-state index >= 15 is 0 Å². The summed E-state index contributed by atoms with van der Waals surface area (Å²) in [5, 5.41) is 11.8. The molecule has 0 aliphatic carbocycles. The molecule has 0 bridgehead atoms. The predicted molar refractivity (Wildman–Crippen MR) is 74.5 cm³/mol. The van der Waals surface area contributed by atoms with Gasteiger partial charge in [0.15, 0.2) is 0 Å². The van der Waals surface area contributed by atoms with E-state index in [4.69, 9.17) is 10.00 Å². The minimum Gasteiger partial charge on any atom is -0.497 e. The highest BCUT2D eigenvalue weighted by Crippen LogP contribution is 2.15. The number of ether oxygens (including phenoxy) is 1. The summed E-state index contributed by atoms with van der Waals surface area (Å²) in [5.74, 6) is 0.341. The van der Waals surface area contributed by atoms with Crippen LogP contribution in [0.25, 0.3) is 6.08 Å². The largest absolute Gasteiger partial charge is 0.497 e. The predicted octanol–water partition coefficient (Wildman–Crippen LogP) is 2.52. The first-order chi connectivity index (χ1) is 9.10. The molecule has 1 amide bonds. The normalized spacial score (nSPS) is 12.4. The summed E-state index contributed by atoms with van der Waals surface area (Å²) in [6, 6.07) is 9.18. The molecule has 1 atom stereocenters. The molecule has 100 valence electrons. The van der Waals surface area contributed by atoms with Crippen LogP contribution < -0.4 is 10.1 Å². The van der Waals surface area contributed by atoms with Gasteiger partial charge < -0.3 is 10.1 Å². The van der Waals surface area contributed by atoms with Crippen LogP contribution in [-0.2, 0) is 4.79 Å². The van der Waals surface area contributed by atoms with Crippen LogP contribution in [0.15, 0.2) is 29.8 Å². The quantitative estimate of drug-likeness (QED) is 0.652. The molecular weight excluding hydrogens is 240 g/mol. The van der Waals surface area contributed by atoms with Crippen molar-refractivity contribution in [3.05, 3.63) is 35.4 Å². The molecule has 0 aliphatic rings. The smallest absolute Gasteiger partial charge is 0.262 e. The number of benzene rings is 1. The van der Waals surface area contributed by atoms with Crippen molar-refractivity contribution < 1.29 is 9.53 Å². The van der Waals surface area contributed by atoms with Crippen molar-refractivity contribution in [3.8, 4) is 11.8 Å². The molecule has 0 aliphatic heterocycles. The first-order valence-electron chi connectivity index (χ1n) is 6.17. The highest BCUT2D eigenvalue weighted by atomic mass is 16.5. The number of amides is 1. The van der Waals surface area contributed by atoms with E-state index in [0.29, 0.717) is 5.75 Å². The van der Waals surface area contributed by atoms with Gasteiger partial charge in [0.1, 0.15) is 17.4 Å². The number of hydrogen-bond acceptors (Lipinski definition) is 3. The molecule has 0 fully saturated rings. The molecule has 1 N–H and O–H groups in total. The van der Waals surface area contributed by atoms with Crippen LogP contribution in [0.5, 0.6) is 5.75 Å². The van der Waals surface area contributed by atoms with E-state index in [1.165, 1.54) is 0 Å². The summed E-state index contributed by atoms with van der Waals surface area (Å²) < 4.78 is 5.10. The summed E-state index contributed by atoms with van der Waals surface area (Å²) in [4.78, 5) is 11.9. The van der Waals surface area contributed by atoms with E-state index in [9.17, 15) is 4.79 Å². The second-order valence-corrected chi connectivity index (χ2v) is 4.23. The SMILES string of the molecule is CC[C@@H](C)NC(=O)/C(C#N)=C/c1cccc(OC)c1. The van der Waals surface area contributed by atoms with E-state index in [-0.39, 0.29) is 17.5 Å². The topological polar surface area (TPSA) is 62.1 Å². The zero-order valence-electron chi connectivity index (χ0n) is 11.4. The molecule has 0 unspecified atom stereocenters. The Hall–Kier alpha value is -2.28. The molecule has 19 heavy (non-hydrogen) atoms. The van der Waals surface area contributed by atoms with E-state index in [1.807, 2.05) is 38.1 Å². The molecule has 0 saturated heterocycles. The molecule has 4 nitrogen and oxygen atoms in total. The number of nitrogens with one attached hydrogen (secondary N) is 1. The molecule has 0 spiro atoms. The van der Waals surface area contributed by atoms with Gasteiger partial charge in [0.2, 0.25) is 0 Å². The molecule has 1 aromatic rings. The van der Waals surface area contributed by atoms with Crippen LogP contribution in [0, 0.1) is 11.3 Å². The van der Waals surface area contributed by atoms with Gasteiger partial charge in [-0.05, 0) is 37.1 Å². The Bertz CT molecular complexity index is 515. The molecule has 0 radical (unpaired) electrons. The standard InChI is InChI=1S/C15H18N2O2/c1-4-11(2)17-15(18)13(10-16)8-12-6-5-7-14(9-12)19-3/h5-9,11H,4H2,1-3H3,(H,17,18)/b13-8+/t11-/m1/s1. The van der Waals surface area contributed by atoms with Gasteiger partial charge >= 0.3 is 0 Å². The van der Waals surface area contributed by atoms with Gasteiger partial charge in [-0.2, -0.15) is 5.26 Å². The second-order valence-electron chi connectivity index (χ2n) is 4.23. The van der Waals surface area contributed by atoms with Crippen molar-refractivity contribution in [2.75, 3.05) is 7.11 Å². The monoisotopic (exact) mass is 258 g/mol. The fourth-order valence-electron chi connectivity index (χ4n) is 1.45. The third-order valence-electron chi connectivity index (χ3n) is 2.76. The fourth-order valence-corrected chi connectivity index (χ4v) is 1.45. The van der Waals surface area contributed by atoms with E-state index in [1.54, 1.807) is 19.3 Å². The summed E-state index contributed by atoms with van der Waals surface area (Å²) in [5.41, 5.74) is 0.851. The first kappa shape index (κ1) is 14.8. The van der Waals surface area contributed by atoms with Crippen LogP contribution in [0.3, 0.4) is 0 Å². The summed E-state index contributed by atoms with van der Waals surface area (Å²) >= 11 is 0. The first-order valence-corrected chi connectivity index (χ1v) is 6.17. The Kier molecular flexibility index (Phi) is 5.62. The zero-order valence-corrected chi connectivity index (χ0v) is 11.4. The summed E-state index contributed by atoms with van der Waals surface area (Å²) in [6.45, 7) is 3.88. The lowest BCUT2D eigenvalue weighted by molar-refractivity contribution is -0.117. The maximum atomic E-state index is 11.9. The van der Waals surface area contributed by atoms with Gasteiger partial charge in [0, 0.05) is 6.04 Å². The van der Waals surface area contributed by atoms with Crippen molar-refractivity contribution in [1.82, 2.24) is 5.32 Å². The van der Waals surface area contributed by atoms with Crippen LogP contribution in [0.1, 0.15) is 25.8 Å². The fraction of sp³-hybridized carbons (Fsp3) is 0.333. The van der Waals surface area contributed by atoms with Gasteiger partial charge in [0.25, 0.3) is 5.91 Å². The molecule has 1 aromatic carbocycles. The Balaban J connectivity index is 2.92. The molecule has 4 heteroatoms. The molecular formula is C15H18N2O2. The second kappa shape index (κ2) is 7.22. The maximum Gasteiger partial charge on any atom is 0.262 e. The lowest BCUT2D eigenvalue weighted by Crippen LogP contribution is -2.32. The van der Waals surface area contributed by atoms with Crippen molar-refractivity contribution in [2.45, 2.75) is 26.3 Å². The Labute approximate surface area is 113 Å². The molecule has 1 rings (SSSR count).